The lowest BCUT2D eigenvalue weighted by atomic mass is 10.0. The Balaban J connectivity index is 1.98. The number of hydrogen-bond donors (Lipinski definition) is 1. The highest BCUT2D eigenvalue weighted by atomic mass is 32.2. The lowest BCUT2D eigenvalue weighted by Gasteiger charge is -2.15. The summed E-state index contributed by atoms with van der Waals surface area (Å²) in [4.78, 5) is 2.63. The molecule has 0 spiro atoms. The Morgan fingerprint density at radius 2 is 1.68 bits per heavy atom. The van der Waals surface area contributed by atoms with Crippen molar-refractivity contribution in [3.05, 3.63) is 35.4 Å². The topological polar surface area (TPSA) is 49.4 Å². The van der Waals surface area contributed by atoms with Crippen molar-refractivity contribution in [2.24, 2.45) is 0 Å². The van der Waals surface area contributed by atoms with Crippen molar-refractivity contribution in [2.75, 3.05) is 26.2 Å². The predicted octanol–water partition coefficient (Wildman–Crippen LogP) is 2.87. The van der Waals surface area contributed by atoms with Crippen LogP contribution < -0.4 is 4.72 Å². The number of sulfonamides is 1. The second-order valence-corrected chi connectivity index (χ2v) is 7.86. The average molecular weight is 322 g/mol. The van der Waals surface area contributed by atoms with Crippen LogP contribution in [-0.4, -0.2) is 39.5 Å². The second kappa shape index (κ2) is 7.40. The summed E-state index contributed by atoms with van der Waals surface area (Å²) in [6.07, 6.45) is 2.44. The first-order chi connectivity index (χ1) is 10.4. The van der Waals surface area contributed by atoms with Gasteiger partial charge in [-0.1, -0.05) is 17.7 Å². The predicted molar refractivity (Wildman–Crippen MR) is 91.2 cm³/mol. The van der Waals surface area contributed by atoms with Crippen LogP contribution in [0.3, 0.4) is 0 Å². The van der Waals surface area contributed by atoms with Crippen LogP contribution in [0, 0.1) is 0 Å². The number of nitrogens with zero attached hydrogens (tertiary/aromatic N) is 1. The smallest absolute Gasteiger partial charge is 0.240 e. The van der Waals surface area contributed by atoms with Crippen LogP contribution in [0.25, 0.3) is 5.57 Å². The van der Waals surface area contributed by atoms with Gasteiger partial charge in [0.25, 0.3) is 0 Å². The van der Waals surface area contributed by atoms with Gasteiger partial charge in [-0.3, -0.25) is 0 Å². The minimum Gasteiger partial charge on any atom is -0.302 e. The van der Waals surface area contributed by atoms with Gasteiger partial charge in [0.15, 0.2) is 0 Å². The zero-order valence-electron chi connectivity index (χ0n) is 13.7. The molecule has 0 aromatic heterocycles. The third-order valence-corrected chi connectivity index (χ3v) is 5.74. The molecule has 0 aliphatic carbocycles. The molecule has 0 radical (unpaired) electrons. The van der Waals surface area contributed by atoms with E-state index in [0.717, 1.165) is 25.2 Å². The van der Waals surface area contributed by atoms with Gasteiger partial charge in [-0.15, -0.1) is 0 Å². The Labute approximate surface area is 134 Å². The molecule has 1 aliphatic rings. The number of likely N-dealkylation sites (tertiary alicyclic amines) is 1. The van der Waals surface area contributed by atoms with Gasteiger partial charge in [-0.05, 0) is 70.0 Å². The zero-order chi connectivity index (χ0) is 16.2. The SMILES string of the molecule is CC(C)=C(C)c1ccc(S(=O)(=O)NCCN2CCCC2)cc1. The molecule has 2 rings (SSSR count). The maximum atomic E-state index is 12.3. The molecule has 1 N–H and O–H groups in total. The van der Waals surface area contributed by atoms with Crippen LogP contribution in [0.2, 0.25) is 0 Å². The van der Waals surface area contributed by atoms with Crippen LogP contribution in [0.15, 0.2) is 34.7 Å². The van der Waals surface area contributed by atoms with Gasteiger partial charge in [-0.25, -0.2) is 13.1 Å². The van der Waals surface area contributed by atoms with E-state index >= 15 is 0 Å². The average Bonchev–Trinajstić information content (AvgIpc) is 2.99. The third kappa shape index (κ3) is 4.41. The first-order valence-electron chi connectivity index (χ1n) is 7.87. The van der Waals surface area contributed by atoms with E-state index in [1.54, 1.807) is 12.1 Å². The van der Waals surface area contributed by atoms with Crippen molar-refractivity contribution < 1.29 is 8.42 Å². The van der Waals surface area contributed by atoms with Crippen LogP contribution in [0.4, 0.5) is 0 Å². The minimum atomic E-state index is -3.41. The van der Waals surface area contributed by atoms with E-state index in [-0.39, 0.29) is 0 Å². The fraction of sp³-hybridized carbons (Fsp3) is 0.529. The fourth-order valence-corrected chi connectivity index (χ4v) is 3.62. The quantitative estimate of drug-likeness (QED) is 0.876. The number of benzene rings is 1. The first-order valence-corrected chi connectivity index (χ1v) is 9.35. The molecule has 1 saturated heterocycles. The number of nitrogens with one attached hydrogen (secondary N) is 1. The maximum Gasteiger partial charge on any atom is 0.240 e. The lowest BCUT2D eigenvalue weighted by Crippen LogP contribution is -2.33. The molecule has 4 nitrogen and oxygen atoms in total. The van der Waals surface area contributed by atoms with E-state index < -0.39 is 10.0 Å². The number of rotatable bonds is 6. The van der Waals surface area contributed by atoms with Crippen molar-refractivity contribution in [1.82, 2.24) is 9.62 Å². The maximum absolute atomic E-state index is 12.3. The summed E-state index contributed by atoms with van der Waals surface area (Å²) >= 11 is 0. The van der Waals surface area contributed by atoms with Gasteiger partial charge < -0.3 is 4.90 Å². The Kier molecular flexibility index (Phi) is 5.78. The second-order valence-electron chi connectivity index (χ2n) is 6.10. The van der Waals surface area contributed by atoms with Gasteiger partial charge in [0, 0.05) is 13.1 Å². The molecule has 1 aromatic carbocycles. The molecule has 22 heavy (non-hydrogen) atoms. The number of hydrogen-bond acceptors (Lipinski definition) is 3. The summed E-state index contributed by atoms with van der Waals surface area (Å²) < 4.78 is 27.3. The van der Waals surface area contributed by atoms with Crippen molar-refractivity contribution in [3.8, 4) is 0 Å². The zero-order valence-corrected chi connectivity index (χ0v) is 14.5. The Bertz CT molecular complexity index is 623. The monoisotopic (exact) mass is 322 g/mol. The Morgan fingerprint density at radius 1 is 1.09 bits per heavy atom. The van der Waals surface area contributed by atoms with E-state index in [4.69, 9.17) is 0 Å². The summed E-state index contributed by atoms with van der Waals surface area (Å²) in [7, 11) is -3.41. The van der Waals surface area contributed by atoms with E-state index in [2.05, 4.69) is 23.5 Å². The highest BCUT2D eigenvalue weighted by Gasteiger charge is 2.16. The summed E-state index contributed by atoms with van der Waals surface area (Å²) in [6.45, 7) is 9.58. The lowest BCUT2D eigenvalue weighted by molar-refractivity contribution is 0.344. The molecule has 1 fully saturated rings. The van der Waals surface area contributed by atoms with E-state index in [1.807, 2.05) is 19.1 Å². The Morgan fingerprint density at radius 3 is 2.23 bits per heavy atom. The van der Waals surface area contributed by atoms with E-state index in [1.165, 1.54) is 24.0 Å². The highest BCUT2D eigenvalue weighted by Crippen LogP contribution is 2.19. The van der Waals surface area contributed by atoms with Gasteiger partial charge in [0.2, 0.25) is 10.0 Å². The molecule has 1 aromatic rings. The van der Waals surface area contributed by atoms with Gasteiger partial charge in [0.1, 0.15) is 0 Å². The summed E-state index contributed by atoms with van der Waals surface area (Å²) in [5, 5.41) is 0. The number of allylic oxidation sites excluding steroid dienone is 2. The minimum absolute atomic E-state index is 0.333. The molecule has 122 valence electrons. The summed E-state index contributed by atoms with van der Waals surface area (Å²) in [5.74, 6) is 0. The van der Waals surface area contributed by atoms with Crippen molar-refractivity contribution in [1.29, 1.82) is 0 Å². The van der Waals surface area contributed by atoms with Crippen LogP contribution in [0.5, 0.6) is 0 Å². The summed E-state index contributed by atoms with van der Waals surface area (Å²) in [6, 6.07) is 7.11. The Hall–Kier alpha value is -1.17. The molecule has 0 amide bonds. The van der Waals surface area contributed by atoms with Crippen molar-refractivity contribution >= 4 is 15.6 Å². The van der Waals surface area contributed by atoms with Gasteiger partial charge in [-0.2, -0.15) is 0 Å². The molecule has 1 aliphatic heterocycles. The molecule has 0 saturated carbocycles. The van der Waals surface area contributed by atoms with Gasteiger partial charge >= 0.3 is 0 Å². The molecule has 1 heterocycles. The molecular formula is C17H26N2O2S. The normalized spacial score (nSPS) is 16.0. The largest absolute Gasteiger partial charge is 0.302 e. The molecule has 0 unspecified atom stereocenters. The fourth-order valence-electron chi connectivity index (χ4n) is 2.60. The van der Waals surface area contributed by atoms with Gasteiger partial charge in [0.05, 0.1) is 4.90 Å². The van der Waals surface area contributed by atoms with Crippen molar-refractivity contribution in [2.45, 2.75) is 38.5 Å². The highest BCUT2D eigenvalue weighted by molar-refractivity contribution is 7.89. The first kappa shape index (κ1) is 17.2. The third-order valence-electron chi connectivity index (χ3n) is 4.27. The van der Waals surface area contributed by atoms with E-state index in [9.17, 15) is 8.42 Å². The van der Waals surface area contributed by atoms with Crippen LogP contribution in [0.1, 0.15) is 39.2 Å². The summed E-state index contributed by atoms with van der Waals surface area (Å²) in [5.41, 5.74) is 3.49. The van der Waals surface area contributed by atoms with Crippen LogP contribution in [-0.2, 0) is 10.0 Å². The van der Waals surface area contributed by atoms with Crippen LogP contribution >= 0.6 is 0 Å². The van der Waals surface area contributed by atoms with Crippen molar-refractivity contribution in [3.63, 3.8) is 0 Å². The molecule has 0 bridgehead atoms. The van der Waals surface area contributed by atoms with E-state index in [0.29, 0.717) is 11.4 Å². The molecule has 5 heteroatoms. The molecular weight excluding hydrogens is 296 g/mol. The standard InChI is InChI=1S/C17H26N2O2S/c1-14(2)15(3)16-6-8-17(9-7-16)22(20,21)18-10-13-19-11-4-5-12-19/h6-9,18H,4-5,10-13H2,1-3H3. The molecule has 0 atom stereocenters.